The molecule has 0 bridgehead atoms. The highest BCUT2D eigenvalue weighted by Gasteiger charge is 1.88. The van der Waals surface area contributed by atoms with Crippen LogP contribution in [0.4, 0.5) is 0 Å². The molecule has 1 nitrogen and oxygen atoms in total. The lowest BCUT2D eigenvalue weighted by atomic mass is 10.2. The summed E-state index contributed by atoms with van der Waals surface area (Å²) in [5.41, 5.74) is 2.18. The van der Waals surface area contributed by atoms with E-state index in [9.17, 15) is 0 Å². The SMILES string of the molecule is COc1ccc(C=CC#Cc2ccsc2)cc1. The highest BCUT2D eigenvalue weighted by molar-refractivity contribution is 7.08. The Kier molecular flexibility index (Phi) is 4.01. The fraction of sp³-hybridized carbons (Fsp3) is 0.0667. The Morgan fingerprint density at radius 3 is 2.65 bits per heavy atom. The Morgan fingerprint density at radius 2 is 2.00 bits per heavy atom. The number of hydrogen-bond donors (Lipinski definition) is 0. The van der Waals surface area contributed by atoms with E-state index < -0.39 is 0 Å². The van der Waals surface area contributed by atoms with E-state index in [1.54, 1.807) is 18.4 Å². The molecule has 2 heteroatoms. The van der Waals surface area contributed by atoms with Gasteiger partial charge in [0.25, 0.3) is 0 Å². The third-order valence-corrected chi connectivity index (χ3v) is 2.90. The van der Waals surface area contributed by atoms with Crippen LogP contribution in [0.25, 0.3) is 6.08 Å². The summed E-state index contributed by atoms with van der Waals surface area (Å²) in [7, 11) is 1.66. The monoisotopic (exact) mass is 240 g/mol. The van der Waals surface area contributed by atoms with E-state index in [0.717, 1.165) is 16.9 Å². The smallest absolute Gasteiger partial charge is 0.118 e. The van der Waals surface area contributed by atoms with Crippen molar-refractivity contribution in [1.29, 1.82) is 0 Å². The predicted molar refractivity (Wildman–Crippen MR) is 73.2 cm³/mol. The number of thiophene rings is 1. The van der Waals surface area contributed by atoms with Crippen LogP contribution in [0.3, 0.4) is 0 Å². The molecule has 0 spiro atoms. The molecule has 0 saturated carbocycles. The molecule has 2 aromatic rings. The number of ether oxygens (including phenoxy) is 1. The average molecular weight is 240 g/mol. The Balaban J connectivity index is 2.00. The van der Waals surface area contributed by atoms with Gasteiger partial charge in [0, 0.05) is 10.9 Å². The molecule has 17 heavy (non-hydrogen) atoms. The van der Waals surface area contributed by atoms with Gasteiger partial charge in [0.2, 0.25) is 0 Å². The second-order valence-electron chi connectivity index (χ2n) is 3.39. The van der Waals surface area contributed by atoms with Crippen LogP contribution in [-0.4, -0.2) is 7.11 Å². The quantitative estimate of drug-likeness (QED) is 0.725. The molecular formula is C15H12OS. The molecule has 0 saturated heterocycles. The van der Waals surface area contributed by atoms with E-state index in [0.29, 0.717) is 0 Å². The first-order valence-electron chi connectivity index (χ1n) is 5.23. The van der Waals surface area contributed by atoms with Crippen LogP contribution in [-0.2, 0) is 0 Å². The summed E-state index contributed by atoms with van der Waals surface area (Å²) in [5, 5.41) is 4.06. The lowest BCUT2D eigenvalue weighted by Gasteiger charge is -1.98. The van der Waals surface area contributed by atoms with E-state index >= 15 is 0 Å². The minimum atomic E-state index is 0.867. The summed E-state index contributed by atoms with van der Waals surface area (Å²) in [6, 6.07) is 9.89. The fourth-order valence-electron chi connectivity index (χ4n) is 1.31. The number of methoxy groups -OCH3 is 1. The van der Waals surface area contributed by atoms with Gasteiger partial charge >= 0.3 is 0 Å². The molecule has 1 aromatic carbocycles. The molecule has 0 unspecified atom stereocenters. The maximum absolute atomic E-state index is 5.09. The minimum absolute atomic E-state index is 0.867. The van der Waals surface area contributed by atoms with E-state index in [1.165, 1.54) is 0 Å². The van der Waals surface area contributed by atoms with Gasteiger partial charge in [0.1, 0.15) is 5.75 Å². The standard InChI is InChI=1S/C15H12OS/c1-16-15-8-6-13(7-9-15)4-2-3-5-14-10-11-17-12-14/h2,4,6-12H,1H3. The van der Waals surface area contributed by atoms with Gasteiger partial charge in [-0.2, -0.15) is 11.3 Å². The summed E-state index contributed by atoms with van der Waals surface area (Å²) >= 11 is 1.66. The van der Waals surface area contributed by atoms with Gasteiger partial charge in [-0.1, -0.05) is 24.0 Å². The molecule has 0 aliphatic heterocycles. The zero-order chi connectivity index (χ0) is 11.9. The fourth-order valence-corrected chi connectivity index (χ4v) is 1.90. The molecule has 1 aromatic heterocycles. The lowest BCUT2D eigenvalue weighted by Crippen LogP contribution is -1.81. The second kappa shape index (κ2) is 5.93. The maximum atomic E-state index is 5.09. The first-order chi connectivity index (χ1) is 8.38. The first kappa shape index (κ1) is 11.5. The Bertz CT molecular complexity index is 539. The molecular weight excluding hydrogens is 228 g/mol. The van der Waals surface area contributed by atoms with Crippen LogP contribution in [0.15, 0.2) is 47.2 Å². The second-order valence-corrected chi connectivity index (χ2v) is 4.17. The van der Waals surface area contributed by atoms with Crippen molar-refractivity contribution in [2.75, 3.05) is 7.11 Å². The van der Waals surface area contributed by atoms with Crippen LogP contribution in [0.1, 0.15) is 11.1 Å². The van der Waals surface area contributed by atoms with Crippen LogP contribution >= 0.6 is 11.3 Å². The van der Waals surface area contributed by atoms with E-state index in [2.05, 4.69) is 11.8 Å². The zero-order valence-corrected chi connectivity index (χ0v) is 10.3. The van der Waals surface area contributed by atoms with Crippen molar-refractivity contribution in [2.45, 2.75) is 0 Å². The van der Waals surface area contributed by atoms with Crippen molar-refractivity contribution in [1.82, 2.24) is 0 Å². The molecule has 0 amide bonds. The van der Waals surface area contributed by atoms with Crippen molar-refractivity contribution in [2.24, 2.45) is 0 Å². The Hall–Kier alpha value is -1.98. The summed E-state index contributed by atoms with van der Waals surface area (Å²) < 4.78 is 5.09. The van der Waals surface area contributed by atoms with Crippen LogP contribution in [0.5, 0.6) is 5.75 Å². The molecule has 0 aliphatic carbocycles. The summed E-state index contributed by atoms with van der Waals surface area (Å²) in [6.07, 6.45) is 3.85. The minimum Gasteiger partial charge on any atom is -0.497 e. The van der Waals surface area contributed by atoms with Crippen molar-refractivity contribution >= 4 is 17.4 Å². The third-order valence-electron chi connectivity index (χ3n) is 2.21. The maximum Gasteiger partial charge on any atom is 0.118 e. The number of allylic oxidation sites excluding steroid dienone is 1. The lowest BCUT2D eigenvalue weighted by molar-refractivity contribution is 0.415. The zero-order valence-electron chi connectivity index (χ0n) is 9.51. The van der Waals surface area contributed by atoms with Crippen molar-refractivity contribution < 1.29 is 4.74 Å². The molecule has 1 heterocycles. The molecule has 0 N–H and O–H groups in total. The molecule has 0 atom stereocenters. The van der Waals surface area contributed by atoms with Gasteiger partial charge in [-0.3, -0.25) is 0 Å². The number of hydrogen-bond acceptors (Lipinski definition) is 2. The van der Waals surface area contributed by atoms with Gasteiger partial charge in [-0.25, -0.2) is 0 Å². The van der Waals surface area contributed by atoms with Gasteiger partial charge in [0.15, 0.2) is 0 Å². The molecule has 0 fully saturated rings. The van der Waals surface area contributed by atoms with Gasteiger partial charge in [-0.15, -0.1) is 0 Å². The van der Waals surface area contributed by atoms with Crippen LogP contribution in [0.2, 0.25) is 0 Å². The summed E-state index contributed by atoms with van der Waals surface area (Å²) in [4.78, 5) is 0. The van der Waals surface area contributed by atoms with Crippen LogP contribution in [0, 0.1) is 11.8 Å². The Labute approximate surface area is 105 Å². The van der Waals surface area contributed by atoms with Gasteiger partial charge < -0.3 is 4.74 Å². The Morgan fingerprint density at radius 1 is 1.18 bits per heavy atom. The molecule has 0 aliphatic rings. The largest absolute Gasteiger partial charge is 0.497 e. The predicted octanol–water partition coefficient (Wildman–Crippen LogP) is 3.82. The van der Waals surface area contributed by atoms with Gasteiger partial charge in [-0.05, 0) is 41.3 Å². The number of rotatable bonds is 2. The molecule has 2 rings (SSSR count). The van der Waals surface area contributed by atoms with Crippen molar-refractivity contribution in [3.05, 3.63) is 58.3 Å². The van der Waals surface area contributed by atoms with E-state index in [4.69, 9.17) is 4.74 Å². The summed E-state index contributed by atoms with van der Waals surface area (Å²) in [5.74, 6) is 6.94. The topological polar surface area (TPSA) is 9.23 Å². The normalized spacial score (nSPS) is 9.94. The number of benzene rings is 1. The van der Waals surface area contributed by atoms with Crippen molar-refractivity contribution in [3.63, 3.8) is 0 Å². The summed E-state index contributed by atoms with van der Waals surface area (Å²) in [6.45, 7) is 0. The van der Waals surface area contributed by atoms with Crippen molar-refractivity contribution in [3.8, 4) is 17.6 Å². The highest BCUT2D eigenvalue weighted by atomic mass is 32.1. The van der Waals surface area contributed by atoms with E-state index in [-0.39, 0.29) is 0 Å². The molecule has 84 valence electrons. The van der Waals surface area contributed by atoms with Gasteiger partial charge in [0.05, 0.1) is 7.11 Å². The van der Waals surface area contributed by atoms with Crippen LogP contribution < -0.4 is 4.74 Å². The average Bonchev–Trinajstić information content (AvgIpc) is 2.88. The third kappa shape index (κ3) is 3.51. The first-order valence-corrected chi connectivity index (χ1v) is 6.17. The highest BCUT2D eigenvalue weighted by Crippen LogP contribution is 2.12. The van der Waals surface area contributed by atoms with E-state index in [1.807, 2.05) is 53.2 Å². The molecule has 0 radical (unpaired) electrons.